The number of hydrogen-bond donors (Lipinski definition) is 2. The molecule has 0 aliphatic rings. The van der Waals surface area contributed by atoms with E-state index >= 15 is 0 Å². The Kier molecular flexibility index (Phi) is 10.3. The van der Waals surface area contributed by atoms with Gasteiger partial charge in [-0.25, -0.2) is 4.98 Å². The molecule has 204 valence electrons. The molecule has 0 amide bonds. The molecule has 0 aliphatic heterocycles. The van der Waals surface area contributed by atoms with Gasteiger partial charge in [-0.15, -0.1) is 6.58 Å². The van der Waals surface area contributed by atoms with E-state index in [1.54, 1.807) is 30.3 Å². The third-order valence-corrected chi connectivity index (χ3v) is 5.48. The topological polar surface area (TPSA) is 96.9 Å². The molecule has 2 N–H and O–H groups in total. The van der Waals surface area contributed by atoms with Crippen LogP contribution in [0.1, 0.15) is 0 Å². The first-order valence-electron chi connectivity index (χ1n) is 11.5. The van der Waals surface area contributed by atoms with Gasteiger partial charge in [-0.3, -0.25) is 0 Å². The Morgan fingerprint density at radius 2 is 1.87 bits per heavy atom. The molecule has 0 fully saturated rings. The average Bonchev–Trinajstić information content (AvgIpc) is 2.88. The van der Waals surface area contributed by atoms with Crippen LogP contribution in [0.15, 0.2) is 49.3 Å². The number of nitrogens with zero attached hydrogens (tertiary/aromatic N) is 5. The first-order valence-corrected chi connectivity index (χ1v) is 11.9. The van der Waals surface area contributed by atoms with Crippen LogP contribution in [0.4, 0.5) is 31.8 Å². The summed E-state index contributed by atoms with van der Waals surface area (Å²) < 4.78 is 42.4. The molecule has 0 saturated heterocycles. The highest BCUT2D eigenvalue weighted by molar-refractivity contribution is 6.32. The van der Waals surface area contributed by atoms with Crippen molar-refractivity contribution in [2.75, 3.05) is 63.4 Å². The van der Waals surface area contributed by atoms with Crippen LogP contribution in [0, 0.1) is 0 Å². The van der Waals surface area contributed by atoms with Crippen molar-refractivity contribution in [3.8, 4) is 23.3 Å². The molecular formula is C25H30ClF2N7O3. The molecule has 0 spiro atoms. The number of likely N-dealkylation sites (N-methyl/N-ethyl adjacent to an activating group) is 2. The largest absolute Gasteiger partial charge is 0.495 e. The van der Waals surface area contributed by atoms with Gasteiger partial charge in [-0.2, -0.15) is 18.7 Å². The van der Waals surface area contributed by atoms with E-state index in [1.807, 2.05) is 30.9 Å². The van der Waals surface area contributed by atoms with Crippen LogP contribution in [0.25, 0.3) is 0 Å². The number of anilines is 4. The van der Waals surface area contributed by atoms with Crippen LogP contribution in [0.2, 0.25) is 5.02 Å². The summed E-state index contributed by atoms with van der Waals surface area (Å²) in [6, 6.07) is 7.97. The van der Waals surface area contributed by atoms with Crippen LogP contribution in [-0.4, -0.2) is 74.4 Å². The van der Waals surface area contributed by atoms with E-state index in [2.05, 4.69) is 32.2 Å². The fourth-order valence-electron chi connectivity index (χ4n) is 3.29. The van der Waals surface area contributed by atoms with Crippen LogP contribution < -0.4 is 29.7 Å². The minimum Gasteiger partial charge on any atom is -0.495 e. The molecule has 13 heteroatoms. The maximum atomic E-state index is 13.3. The van der Waals surface area contributed by atoms with Crippen molar-refractivity contribution in [3.05, 3.63) is 54.3 Å². The summed E-state index contributed by atoms with van der Waals surface area (Å²) in [7, 11) is 7.27. The van der Waals surface area contributed by atoms with E-state index in [0.29, 0.717) is 41.0 Å². The zero-order valence-electron chi connectivity index (χ0n) is 21.5. The van der Waals surface area contributed by atoms with Crippen molar-refractivity contribution >= 4 is 34.6 Å². The van der Waals surface area contributed by atoms with Crippen molar-refractivity contribution in [1.29, 1.82) is 0 Å². The molecule has 0 atom stereocenters. The van der Waals surface area contributed by atoms with Gasteiger partial charge in [-0.05, 0) is 32.3 Å². The molecule has 0 saturated carbocycles. The summed E-state index contributed by atoms with van der Waals surface area (Å²) in [6.45, 7) is 2.56. The summed E-state index contributed by atoms with van der Waals surface area (Å²) in [5.74, 6) is 0.770. The molecule has 10 nitrogen and oxygen atoms in total. The number of alkyl halides is 2. The predicted molar refractivity (Wildman–Crippen MR) is 145 cm³/mol. The molecule has 2 aromatic carbocycles. The smallest absolute Gasteiger partial charge is 0.387 e. The lowest BCUT2D eigenvalue weighted by molar-refractivity contribution is -0.0493. The van der Waals surface area contributed by atoms with Crippen molar-refractivity contribution in [3.63, 3.8) is 0 Å². The van der Waals surface area contributed by atoms with Crippen molar-refractivity contribution in [2.24, 2.45) is 0 Å². The monoisotopic (exact) mass is 549 g/mol. The highest BCUT2D eigenvalue weighted by Crippen LogP contribution is 2.39. The summed E-state index contributed by atoms with van der Waals surface area (Å²) in [5.41, 5.74) is 1.56. The number of methoxy groups -OCH3 is 1. The molecule has 3 rings (SSSR count). The second-order valence-electron chi connectivity index (χ2n) is 8.25. The van der Waals surface area contributed by atoms with Crippen molar-refractivity contribution < 1.29 is 23.0 Å². The molecule has 0 unspecified atom stereocenters. The van der Waals surface area contributed by atoms with E-state index in [9.17, 15) is 8.78 Å². The van der Waals surface area contributed by atoms with E-state index in [-0.39, 0.29) is 23.4 Å². The molecule has 3 aromatic rings. The molecule has 0 aliphatic carbocycles. The molecule has 0 radical (unpaired) electrons. The van der Waals surface area contributed by atoms with Crippen LogP contribution in [0.3, 0.4) is 0 Å². The number of halogens is 3. The Hall–Kier alpha value is -3.90. The summed E-state index contributed by atoms with van der Waals surface area (Å²) in [6.07, 6.45) is 2.92. The Bertz CT molecular complexity index is 1230. The summed E-state index contributed by atoms with van der Waals surface area (Å²) >= 11 is 6.06. The molecule has 0 bridgehead atoms. The molecule has 1 heterocycles. The van der Waals surface area contributed by atoms with Gasteiger partial charge >= 0.3 is 12.6 Å². The number of aromatic nitrogens is 3. The van der Waals surface area contributed by atoms with Crippen molar-refractivity contribution in [1.82, 2.24) is 19.9 Å². The summed E-state index contributed by atoms with van der Waals surface area (Å²) in [5, 5.41) is 6.59. The van der Waals surface area contributed by atoms with Gasteiger partial charge in [-0.1, -0.05) is 17.7 Å². The summed E-state index contributed by atoms with van der Waals surface area (Å²) in [4.78, 5) is 16.3. The number of nitrogens with one attached hydrogen (secondary N) is 2. The van der Waals surface area contributed by atoms with E-state index < -0.39 is 6.61 Å². The lowest BCUT2D eigenvalue weighted by Gasteiger charge is -2.26. The number of ether oxygens (including phenoxy) is 3. The van der Waals surface area contributed by atoms with Gasteiger partial charge in [0.05, 0.1) is 29.2 Å². The first-order chi connectivity index (χ1) is 18.2. The Balaban J connectivity index is 1.93. The van der Waals surface area contributed by atoms with Gasteiger partial charge < -0.3 is 34.6 Å². The Morgan fingerprint density at radius 1 is 1.08 bits per heavy atom. The lowest BCUT2D eigenvalue weighted by atomic mass is 10.2. The first kappa shape index (κ1) is 28.7. The minimum absolute atomic E-state index is 0.0340. The van der Waals surface area contributed by atoms with Gasteiger partial charge in [0.15, 0.2) is 5.75 Å². The standard InChI is InChI=1S/C25H30ClF2N7O3/c1-6-9-29-18-13-19(22(38-23(27)28)14-20(18)35(4)11-10-34(2)3)32-24-30-15-31-25(33-24)37-16-7-8-17(26)21(12-16)36-5/h6-8,12-15,23,29H,1,9-11H2,2-5H3,(H,30,31,32,33). The van der Waals surface area contributed by atoms with Crippen molar-refractivity contribution in [2.45, 2.75) is 6.61 Å². The molecule has 1 aromatic heterocycles. The second kappa shape index (κ2) is 13.6. The minimum atomic E-state index is -3.04. The third-order valence-electron chi connectivity index (χ3n) is 5.17. The SMILES string of the molecule is C=CCNc1cc(Nc2ncnc(Oc3ccc(Cl)c(OC)c3)n2)c(OC(F)F)cc1N(C)CCN(C)C. The maximum absolute atomic E-state index is 13.3. The highest BCUT2D eigenvalue weighted by Gasteiger charge is 2.18. The number of hydrogen-bond acceptors (Lipinski definition) is 10. The number of benzene rings is 2. The van der Waals surface area contributed by atoms with Crippen LogP contribution >= 0.6 is 11.6 Å². The fourth-order valence-corrected chi connectivity index (χ4v) is 3.49. The van der Waals surface area contributed by atoms with Gasteiger partial charge in [0.1, 0.15) is 17.8 Å². The Labute approximate surface area is 225 Å². The van der Waals surface area contributed by atoms with Gasteiger partial charge in [0, 0.05) is 38.8 Å². The second-order valence-corrected chi connectivity index (χ2v) is 8.66. The maximum Gasteiger partial charge on any atom is 0.387 e. The lowest BCUT2D eigenvalue weighted by Crippen LogP contribution is -2.29. The van der Waals surface area contributed by atoms with Gasteiger partial charge in [0.25, 0.3) is 0 Å². The van der Waals surface area contributed by atoms with E-state index in [4.69, 9.17) is 25.8 Å². The molecular weight excluding hydrogens is 520 g/mol. The predicted octanol–water partition coefficient (Wildman–Crippen LogP) is 5.27. The highest BCUT2D eigenvalue weighted by atomic mass is 35.5. The fraction of sp³-hybridized carbons (Fsp3) is 0.320. The zero-order chi connectivity index (χ0) is 27.7. The van der Waals surface area contributed by atoms with E-state index in [1.165, 1.54) is 19.5 Å². The third kappa shape index (κ3) is 8.05. The van der Waals surface area contributed by atoms with Crippen LogP contribution in [-0.2, 0) is 0 Å². The normalized spacial score (nSPS) is 10.9. The Morgan fingerprint density at radius 3 is 2.55 bits per heavy atom. The number of rotatable bonds is 14. The van der Waals surface area contributed by atoms with Crippen LogP contribution in [0.5, 0.6) is 23.3 Å². The zero-order valence-corrected chi connectivity index (χ0v) is 22.3. The van der Waals surface area contributed by atoms with Gasteiger partial charge in [0.2, 0.25) is 5.95 Å². The molecule has 38 heavy (non-hydrogen) atoms. The average molecular weight is 550 g/mol. The quantitative estimate of drug-likeness (QED) is 0.259. The van der Waals surface area contributed by atoms with E-state index in [0.717, 1.165) is 6.54 Å².